The summed E-state index contributed by atoms with van der Waals surface area (Å²) in [6, 6.07) is -2.36. The van der Waals surface area contributed by atoms with Crippen LogP contribution in [0.2, 0.25) is 5.02 Å². The van der Waals surface area contributed by atoms with Crippen LogP contribution >= 0.6 is 11.6 Å². The highest BCUT2D eigenvalue weighted by Crippen LogP contribution is 2.31. The quantitative estimate of drug-likeness (QED) is 0.686. The summed E-state index contributed by atoms with van der Waals surface area (Å²) in [4.78, 5) is 0. The van der Waals surface area contributed by atoms with Crippen molar-refractivity contribution in [1.29, 1.82) is 0 Å². The summed E-state index contributed by atoms with van der Waals surface area (Å²) in [6.07, 6.45) is -10.4. The van der Waals surface area contributed by atoms with Gasteiger partial charge in [-0.2, -0.15) is 0 Å². The molecule has 70 valence electrons. The summed E-state index contributed by atoms with van der Waals surface area (Å²) in [5.41, 5.74) is -1.60. The summed E-state index contributed by atoms with van der Waals surface area (Å²) in [7, 11) is 0. The minimum atomic E-state index is -3.51. The predicted molar refractivity (Wildman–Crippen MR) is 54.1 cm³/mol. The van der Waals surface area contributed by atoms with Crippen LogP contribution in [0.15, 0.2) is 18.1 Å². The van der Waals surface area contributed by atoms with Gasteiger partial charge in [0.15, 0.2) is 0 Å². The largest absolute Gasteiger partial charge is 0.388 e. The molecule has 0 radical (unpaired) electrons. The fourth-order valence-corrected chi connectivity index (χ4v) is 1.04. The third kappa shape index (κ3) is 1.79. The molecule has 1 aliphatic rings. The third-order valence-electron chi connectivity index (χ3n) is 1.45. The summed E-state index contributed by atoms with van der Waals surface area (Å²) in [5.74, 6) is 0. The number of fused-ring (bicyclic) bond motifs is 1. The second kappa shape index (κ2) is 3.56. The van der Waals surface area contributed by atoms with Gasteiger partial charge in [0.2, 0.25) is 0 Å². The predicted octanol–water partition coefficient (Wildman–Crippen LogP) is 2.58. The Bertz CT molecular complexity index is 689. The van der Waals surface area contributed by atoms with Crippen LogP contribution in [0.5, 0.6) is 0 Å². The normalized spacial score (nSPS) is 50.0. The fourth-order valence-electron chi connectivity index (χ4n) is 0.901. The smallest absolute Gasteiger partial charge is 0.0810 e. The fraction of sp³-hybridized carbons (Fsp3) is 0.400. The lowest BCUT2D eigenvalue weighted by atomic mass is 10.1. The maximum atomic E-state index is 10.3. The number of anilines is 1. The van der Waals surface area contributed by atoms with Gasteiger partial charge >= 0.3 is 0 Å². The number of halogens is 1. The standard InChI is InChI=1S/C10H12ClNO/c11-7-3-4-8-9(6-7)12-5-1-2-10(8)13/h3-4,6,10,12-13H,1-2,5H2/i1D2,2D2,3D,4D,5D2,6D,10D. The molecule has 1 aliphatic heterocycles. The molecule has 1 aromatic carbocycles. The van der Waals surface area contributed by atoms with Gasteiger partial charge in [0.05, 0.1) is 11.6 Å². The molecule has 0 amide bonds. The molecule has 0 saturated carbocycles. The van der Waals surface area contributed by atoms with E-state index in [1.165, 1.54) is 0 Å². The first-order valence-electron chi connectivity index (χ1n) is 8.41. The van der Waals surface area contributed by atoms with E-state index < -0.39 is 59.7 Å². The SMILES string of the molecule is [2H]c1c([2H])c2c(c([2H])c1Cl)NC([2H])([2H])C([2H])([2H])C([2H])([2H])C2([2H])O. The summed E-state index contributed by atoms with van der Waals surface area (Å²) in [5, 5.41) is 11.7. The second-order valence-corrected chi connectivity index (χ2v) is 2.67. The molecule has 2 nitrogen and oxygen atoms in total. The minimum Gasteiger partial charge on any atom is -0.388 e. The average molecular weight is 208 g/mol. The molecular formula is C10H12ClNO. The van der Waals surface area contributed by atoms with Crippen LogP contribution in [0.3, 0.4) is 0 Å². The zero-order valence-electron chi connectivity index (χ0n) is 16.3. The molecule has 1 aromatic rings. The first-order chi connectivity index (χ1) is 10.1. The summed E-state index contributed by atoms with van der Waals surface area (Å²) < 4.78 is 77.6. The molecule has 0 aliphatic carbocycles. The zero-order chi connectivity index (χ0) is 18.2. The number of rotatable bonds is 0. The highest BCUT2D eigenvalue weighted by Gasteiger charge is 2.15. The molecule has 2 rings (SSSR count). The Kier molecular flexibility index (Phi) is 0.788. The first kappa shape index (κ1) is 2.88. The van der Waals surface area contributed by atoms with Crippen LogP contribution in [0.4, 0.5) is 5.69 Å². The van der Waals surface area contributed by atoms with Crippen molar-refractivity contribution in [2.24, 2.45) is 0 Å². The first-order valence-corrected chi connectivity index (χ1v) is 3.79. The molecular weight excluding hydrogens is 186 g/mol. The molecule has 0 saturated heterocycles. The lowest BCUT2D eigenvalue weighted by Gasteiger charge is -2.11. The van der Waals surface area contributed by atoms with Crippen LogP contribution in [0.25, 0.3) is 0 Å². The number of aliphatic hydroxyl groups is 1. The topological polar surface area (TPSA) is 32.3 Å². The van der Waals surface area contributed by atoms with E-state index in [1.807, 2.05) is 5.32 Å². The molecule has 2 N–H and O–H groups in total. The molecule has 13 heavy (non-hydrogen) atoms. The average Bonchev–Trinajstić information content (AvgIpc) is 2.43. The van der Waals surface area contributed by atoms with Crippen LogP contribution in [0, 0.1) is 0 Å². The Labute approximate surface area is 96.6 Å². The maximum absolute atomic E-state index is 10.3. The highest BCUT2D eigenvalue weighted by molar-refractivity contribution is 6.30. The van der Waals surface area contributed by atoms with E-state index >= 15 is 0 Å². The van der Waals surface area contributed by atoms with E-state index in [-0.39, 0.29) is 0 Å². The Morgan fingerprint density at radius 1 is 1.77 bits per heavy atom. The van der Waals surface area contributed by atoms with Crippen LogP contribution in [-0.4, -0.2) is 11.6 Å². The molecule has 1 unspecified atom stereocenters. The van der Waals surface area contributed by atoms with E-state index in [0.717, 1.165) is 0 Å². The molecule has 0 aromatic heterocycles. The van der Waals surface area contributed by atoms with E-state index in [0.29, 0.717) is 0 Å². The Balaban J connectivity index is 3.02. The Hall–Kier alpha value is -0.730. The van der Waals surface area contributed by atoms with Gasteiger partial charge in [0, 0.05) is 31.0 Å². The van der Waals surface area contributed by atoms with Crippen LogP contribution < -0.4 is 5.32 Å². The number of hydrogen-bond donors (Lipinski definition) is 2. The van der Waals surface area contributed by atoms with Gasteiger partial charge in [0.1, 0.15) is 0 Å². The summed E-state index contributed by atoms with van der Waals surface area (Å²) >= 11 is 5.71. The lowest BCUT2D eigenvalue weighted by Crippen LogP contribution is -1.99. The van der Waals surface area contributed by atoms with Crippen molar-refractivity contribution >= 4 is 17.3 Å². The molecule has 0 bridgehead atoms. The van der Waals surface area contributed by atoms with Gasteiger partial charge in [-0.15, -0.1) is 0 Å². The highest BCUT2D eigenvalue weighted by atomic mass is 35.5. The van der Waals surface area contributed by atoms with Crippen molar-refractivity contribution in [1.82, 2.24) is 0 Å². The minimum absolute atomic E-state index is 0.559. The zero-order valence-corrected chi connectivity index (χ0v) is 7.08. The van der Waals surface area contributed by atoms with Gasteiger partial charge < -0.3 is 10.4 Å². The number of nitrogens with one attached hydrogen (secondary N) is 1. The van der Waals surface area contributed by atoms with Gasteiger partial charge in [-0.1, -0.05) is 17.6 Å². The molecule has 1 heterocycles. The number of benzene rings is 1. The van der Waals surface area contributed by atoms with Crippen molar-refractivity contribution in [3.8, 4) is 0 Å². The van der Waals surface area contributed by atoms with E-state index in [9.17, 15) is 5.11 Å². The molecule has 0 fully saturated rings. The Morgan fingerprint density at radius 3 is 3.46 bits per heavy atom. The van der Waals surface area contributed by atoms with E-state index in [4.69, 9.17) is 25.3 Å². The van der Waals surface area contributed by atoms with E-state index in [1.54, 1.807) is 0 Å². The van der Waals surface area contributed by atoms with Crippen molar-refractivity contribution in [2.45, 2.75) is 18.8 Å². The van der Waals surface area contributed by atoms with Crippen molar-refractivity contribution < 1.29 is 18.8 Å². The number of hydrogen-bond acceptors (Lipinski definition) is 2. The van der Waals surface area contributed by atoms with Crippen LogP contribution in [-0.2, 0) is 0 Å². The van der Waals surface area contributed by atoms with Crippen molar-refractivity contribution in [3.63, 3.8) is 0 Å². The molecule has 1 atom stereocenters. The summed E-state index contributed by atoms with van der Waals surface area (Å²) in [6.45, 7) is -3.13. The van der Waals surface area contributed by atoms with E-state index in [2.05, 4.69) is 0 Å². The monoisotopic (exact) mass is 207 g/mol. The van der Waals surface area contributed by atoms with Crippen molar-refractivity contribution in [2.75, 3.05) is 11.8 Å². The van der Waals surface area contributed by atoms with Gasteiger partial charge in [0.25, 0.3) is 0 Å². The van der Waals surface area contributed by atoms with Gasteiger partial charge in [-0.3, -0.25) is 0 Å². The third-order valence-corrected chi connectivity index (χ3v) is 1.64. The lowest BCUT2D eigenvalue weighted by molar-refractivity contribution is 0.168. The Morgan fingerprint density at radius 2 is 2.62 bits per heavy atom. The van der Waals surface area contributed by atoms with Crippen molar-refractivity contribution in [3.05, 3.63) is 28.7 Å². The van der Waals surface area contributed by atoms with Gasteiger partial charge in [-0.25, -0.2) is 0 Å². The maximum Gasteiger partial charge on any atom is 0.0810 e. The van der Waals surface area contributed by atoms with Crippen LogP contribution in [0.1, 0.15) is 38.1 Å². The van der Waals surface area contributed by atoms with Gasteiger partial charge in [-0.05, 0) is 24.8 Å². The second-order valence-electron chi connectivity index (χ2n) is 2.29. The molecule has 3 heteroatoms. The molecule has 0 spiro atoms.